The maximum atomic E-state index is 12.6. The maximum absolute atomic E-state index is 12.6. The van der Waals surface area contributed by atoms with Crippen LogP contribution in [-0.4, -0.2) is 20.4 Å². The van der Waals surface area contributed by atoms with Crippen molar-refractivity contribution in [2.24, 2.45) is 0 Å². The molecule has 6 heteroatoms. The number of fused-ring (bicyclic) bond motifs is 1. The second-order valence-electron chi connectivity index (χ2n) is 6.23. The van der Waals surface area contributed by atoms with Gasteiger partial charge in [-0.3, -0.25) is 9.36 Å². The molecule has 134 valence electrons. The summed E-state index contributed by atoms with van der Waals surface area (Å²) in [6.07, 6.45) is 3.51. The minimum atomic E-state index is -0.186. The summed E-state index contributed by atoms with van der Waals surface area (Å²) in [5.74, 6) is 0.330. The molecule has 2 aromatic heterocycles. The number of carbonyl (C=O) groups excluding carboxylic acids is 1. The minimum absolute atomic E-state index is 0.186. The monoisotopic (exact) mass is 358 g/mol. The third-order valence-corrected chi connectivity index (χ3v) is 4.45. The highest BCUT2D eigenvalue weighted by atomic mass is 16.1. The predicted molar refractivity (Wildman–Crippen MR) is 103 cm³/mol. The van der Waals surface area contributed by atoms with Crippen molar-refractivity contribution in [3.63, 3.8) is 0 Å². The van der Waals surface area contributed by atoms with E-state index in [2.05, 4.69) is 43.5 Å². The number of rotatable bonds is 5. The molecule has 1 N–H and O–H groups in total. The van der Waals surface area contributed by atoms with Crippen molar-refractivity contribution >= 4 is 22.9 Å². The van der Waals surface area contributed by atoms with E-state index in [-0.39, 0.29) is 5.91 Å². The highest BCUT2D eigenvalue weighted by Gasteiger charge is 2.22. The number of hydrogen-bond acceptors (Lipinski definition) is 3. The molecule has 0 atom stereocenters. The van der Waals surface area contributed by atoms with Gasteiger partial charge in [0, 0.05) is 5.56 Å². The topological polar surface area (TPSA) is 63.7 Å². The summed E-state index contributed by atoms with van der Waals surface area (Å²) in [6.45, 7) is 3.51. The van der Waals surface area contributed by atoms with Crippen LogP contribution in [0.25, 0.3) is 11.2 Å². The van der Waals surface area contributed by atoms with Crippen LogP contribution in [0.15, 0.2) is 73.3 Å². The summed E-state index contributed by atoms with van der Waals surface area (Å²) in [6, 6.07) is 19.3. The molecule has 0 unspecified atom stereocenters. The Morgan fingerprint density at radius 3 is 2.44 bits per heavy atom. The normalized spacial score (nSPS) is 10.9. The standard InChI is InChI=1S/C21H19N5O/c1-2-25-15-26(13-16-9-5-3-6-10-16)20-18(25)19(22-14-23-20)24-21(27)17-11-7-4-8-12-17/h3-12,14-15H,2,13H2,1H3/p+1. The Hall–Kier alpha value is -3.54. The van der Waals surface area contributed by atoms with Gasteiger partial charge in [0.1, 0.15) is 0 Å². The number of nitrogens with zero attached hydrogens (tertiary/aromatic N) is 4. The van der Waals surface area contributed by atoms with Gasteiger partial charge in [-0.15, -0.1) is 0 Å². The van der Waals surface area contributed by atoms with E-state index >= 15 is 0 Å². The van der Waals surface area contributed by atoms with Crippen molar-refractivity contribution in [2.45, 2.75) is 20.0 Å². The SMILES string of the molecule is CCn1c[n+](Cc2ccccc2)c2ncnc(NC(=O)c3ccccc3)c21. The molecular formula is C21H20N5O+. The van der Waals surface area contributed by atoms with Crippen molar-refractivity contribution in [1.29, 1.82) is 0 Å². The summed E-state index contributed by atoms with van der Waals surface area (Å²) >= 11 is 0. The van der Waals surface area contributed by atoms with Crippen LogP contribution in [0.5, 0.6) is 0 Å². The van der Waals surface area contributed by atoms with Crippen molar-refractivity contribution < 1.29 is 9.36 Å². The zero-order chi connectivity index (χ0) is 18.6. The highest BCUT2D eigenvalue weighted by Crippen LogP contribution is 2.19. The molecule has 0 spiro atoms. The molecule has 2 heterocycles. The number of amides is 1. The van der Waals surface area contributed by atoms with Crippen LogP contribution in [0.2, 0.25) is 0 Å². The van der Waals surface area contributed by atoms with Crippen LogP contribution in [0.1, 0.15) is 22.8 Å². The summed E-state index contributed by atoms with van der Waals surface area (Å²) in [5, 5.41) is 2.93. The van der Waals surface area contributed by atoms with Gasteiger partial charge in [-0.2, -0.15) is 4.98 Å². The average Bonchev–Trinajstić information content (AvgIpc) is 3.08. The molecule has 27 heavy (non-hydrogen) atoms. The van der Waals surface area contributed by atoms with E-state index in [1.807, 2.05) is 42.7 Å². The van der Waals surface area contributed by atoms with E-state index in [9.17, 15) is 4.79 Å². The molecule has 0 aliphatic carbocycles. The van der Waals surface area contributed by atoms with Gasteiger partial charge in [-0.1, -0.05) is 53.5 Å². The smallest absolute Gasteiger partial charge is 0.303 e. The molecule has 0 aliphatic rings. The van der Waals surface area contributed by atoms with Gasteiger partial charge in [-0.05, 0) is 24.6 Å². The Bertz CT molecular complexity index is 1070. The number of hydrogen-bond donors (Lipinski definition) is 1. The van der Waals surface area contributed by atoms with Crippen LogP contribution in [0.4, 0.5) is 5.82 Å². The molecule has 4 aromatic rings. The number of aromatic nitrogens is 4. The van der Waals surface area contributed by atoms with E-state index in [0.717, 1.165) is 17.7 Å². The lowest BCUT2D eigenvalue weighted by atomic mass is 10.2. The average molecular weight is 358 g/mol. The van der Waals surface area contributed by atoms with E-state index in [4.69, 9.17) is 0 Å². The third kappa shape index (κ3) is 3.42. The number of imidazole rings is 1. The molecule has 2 aromatic carbocycles. The van der Waals surface area contributed by atoms with E-state index in [1.54, 1.807) is 12.1 Å². The van der Waals surface area contributed by atoms with Crippen molar-refractivity contribution in [3.8, 4) is 0 Å². The number of aryl methyl sites for hydroxylation is 1. The van der Waals surface area contributed by atoms with Gasteiger partial charge in [0.15, 0.2) is 18.5 Å². The molecule has 1 amide bonds. The second-order valence-corrected chi connectivity index (χ2v) is 6.23. The lowest BCUT2D eigenvalue weighted by molar-refractivity contribution is -0.665. The molecule has 0 fully saturated rings. The summed E-state index contributed by atoms with van der Waals surface area (Å²) < 4.78 is 4.13. The molecule has 0 saturated carbocycles. The Balaban J connectivity index is 1.73. The Kier molecular flexibility index (Phi) is 4.61. The number of nitrogens with one attached hydrogen (secondary N) is 1. The van der Waals surface area contributed by atoms with Crippen molar-refractivity contribution in [2.75, 3.05) is 5.32 Å². The lowest BCUT2D eigenvalue weighted by Gasteiger charge is -2.04. The molecule has 0 radical (unpaired) electrons. The molecule has 4 rings (SSSR count). The van der Waals surface area contributed by atoms with Gasteiger partial charge < -0.3 is 5.32 Å². The molecule has 0 saturated heterocycles. The van der Waals surface area contributed by atoms with Crippen LogP contribution in [0, 0.1) is 0 Å². The fourth-order valence-electron chi connectivity index (χ4n) is 3.12. The number of carbonyl (C=O) groups is 1. The van der Waals surface area contributed by atoms with Crippen molar-refractivity contribution in [1.82, 2.24) is 14.5 Å². The van der Waals surface area contributed by atoms with Crippen LogP contribution >= 0.6 is 0 Å². The zero-order valence-corrected chi connectivity index (χ0v) is 15.0. The van der Waals surface area contributed by atoms with Gasteiger partial charge in [0.25, 0.3) is 5.91 Å². The Morgan fingerprint density at radius 1 is 1.04 bits per heavy atom. The second kappa shape index (κ2) is 7.37. The fraction of sp³-hybridized carbons (Fsp3) is 0.143. The first-order valence-corrected chi connectivity index (χ1v) is 8.90. The van der Waals surface area contributed by atoms with Gasteiger partial charge in [-0.25, -0.2) is 4.57 Å². The first-order chi connectivity index (χ1) is 13.3. The number of anilines is 1. The van der Waals surface area contributed by atoms with Crippen LogP contribution in [0.3, 0.4) is 0 Å². The van der Waals surface area contributed by atoms with E-state index in [0.29, 0.717) is 17.9 Å². The van der Waals surface area contributed by atoms with Gasteiger partial charge in [0.2, 0.25) is 5.52 Å². The molecule has 6 nitrogen and oxygen atoms in total. The summed E-state index contributed by atoms with van der Waals surface area (Å²) in [7, 11) is 0. The van der Waals surface area contributed by atoms with E-state index in [1.165, 1.54) is 11.9 Å². The van der Waals surface area contributed by atoms with Crippen LogP contribution in [-0.2, 0) is 13.1 Å². The number of benzene rings is 2. The Labute approximate surface area is 157 Å². The first kappa shape index (κ1) is 16.9. The predicted octanol–water partition coefficient (Wildman–Crippen LogP) is 3.04. The highest BCUT2D eigenvalue weighted by molar-refractivity contribution is 6.06. The van der Waals surface area contributed by atoms with Crippen LogP contribution < -0.4 is 9.88 Å². The summed E-state index contributed by atoms with van der Waals surface area (Å²) in [4.78, 5) is 21.4. The van der Waals surface area contributed by atoms with E-state index < -0.39 is 0 Å². The van der Waals surface area contributed by atoms with Crippen molar-refractivity contribution in [3.05, 3.63) is 84.4 Å². The third-order valence-electron chi connectivity index (χ3n) is 4.45. The Morgan fingerprint density at radius 2 is 1.74 bits per heavy atom. The zero-order valence-electron chi connectivity index (χ0n) is 15.0. The molecule has 0 aliphatic heterocycles. The largest absolute Gasteiger partial charge is 0.307 e. The maximum Gasteiger partial charge on any atom is 0.307 e. The first-order valence-electron chi connectivity index (χ1n) is 8.90. The van der Waals surface area contributed by atoms with Gasteiger partial charge in [0.05, 0.1) is 13.1 Å². The quantitative estimate of drug-likeness (QED) is 0.558. The fourth-order valence-corrected chi connectivity index (χ4v) is 3.12. The van der Waals surface area contributed by atoms with Gasteiger partial charge >= 0.3 is 5.65 Å². The molecule has 0 bridgehead atoms. The lowest BCUT2D eigenvalue weighted by Crippen LogP contribution is -2.33. The molecular weight excluding hydrogens is 338 g/mol. The summed E-state index contributed by atoms with van der Waals surface area (Å²) in [5.41, 5.74) is 3.39. The minimum Gasteiger partial charge on any atom is -0.303 e.